The number of ether oxygens (including phenoxy) is 3. The van der Waals surface area contributed by atoms with E-state index >= 15 is 0 Å². The van der Waals surface area contributed by atoms with Crippen molar-refractivity contribution >= 4 is 106 Å². The molecule has 22 heteroatoms. The van der Waals surface area contributed by atoms with Gasteiger partial charge in [-0.05, 0) is 68.9 Å². The first-order valence-electron chi connectivity index (χ1n) is 23.6. The topological polar surface area (TPSA) is 181 Å². The van der Waals surface area contributed by atoms with Gasteiger partial charge in [0.05, 0.1) is 53.9 Å². The van der Waals surface area contributed by atoms with Crippen LogP contribution in [0, 0.1) is 17.3 Å². The number of likely N-dealkylation sites (N-methyl/N-ethyl adjacent to an activating group) is 1. The van der Waals surface area contributed by atoms with E-state index in [1.54, 1.807) is 30.2 Å². The summed E-state index contributed by atoms with van der Waals surface area (Å²) in [5, 5.41) is 8.12. The molecule has 0 aliphatic carbocycles. The van der Waals surface area contributed by atoms with Crippen LogP contribution < -0.4 is 10.7 Å². The lowest BCUT2D eigenvalue weighted by Crippen LogP contribution is -2.63. The number of cyclic esters (lactones) is 1. The van der Waals surface area contributed by atoms with Crippen molar-refractivity contribution in [2.45, 2.75) is 98.0 Å². The summed E-state index contributed by atoms with van der Waals surface area (Å²) in [6.45, 7) is 15.5. The van der Waals surface area contributed by atoms with Gasteiger partial charge in [0.1, 0.15) is 18.1 Å². The standard InChI is InChI=1S/C49H65N9O8S.4H2S/c1-9-57-39-15-14-31-22-34(39)35(43(57)33-12-10-16-50-41(33)30(4)64-8)24-49(5,6)28-66-47(62)36-13-11-17-58(53-36)46(61)37(23-40-51-38(31)27-67-40)52-44(59)42(29(2)3)54(7)48(63)56-20-18-55(19-21-56)45(60)32-25-65-26-32;;;;/h10,12,14-16,22,27,29-30,32,36-37,42,53H,9,11,13,17-21,23-26,28H2,1-8H3,(H,52,59);4*1H2/t30-,36-,37-,42-;;;;/m0..../s1. The smallest absolute Gasteiger partial charge is 0.324 e. The van der Waals surface area contributed by atoms with Gasteiger partial charge in [-0.3, -0.25) is 29.2 Å². The number of amides is 5. The first kappa shape index (κ1) is 59.5. The summed E-state index contributed by atoms with van der Waals surface area (Å²) in [5.74, 6) is -1.76. The number of piperazine rings is 1. The van der Waals surface area contributed by atoms with Crippen molar-refractivity contribution in [3.8, 4) is 22.5 Å². The molecule has 7 heterocycles. The number of carbonyl (C=O) groups excluding carboxylic acids is 5. The van der Waals surface area contributed by atoms with E-state index in [4.69, 9.17) is 24.2 Å². The fourth-order valence-corrected chi connectivity index (χ4v) is 10.7. The summed E-state index contributed by atoms with van der Waals surface area (Å²) in [4.78, 5) is 84.7. The van der Waals surface area contributed by atoms with Crippen molar-refractivity contribution in [2.24, 2.45) is 17.3 Å². The molecule has 5 amide bonds. The lowest BCUT2D eigenvalue weighted by atomic mass is 9.84. The Morgan fingerprint density at radius 1 is 1.01 bits per heavy atom. The highest BCUT2D eigenvalue weighted by molar-refractivity contribution is 7.59. The molecule has 392 valence electrons. The molecular weight excluding hydrogens is 1000 g/mol. The monoisotopic (exact) mass is 1080 g/mol. The van der Waals surface area contributed by atoms with Gasteiger partial charge in [-0.15, -0.1) is 11.3 Å². The van der Waals surface area contributed by atoms with E-state index in [2.05, 4.69) is 60.3 Å². The molecule has 1 aromatic carbocycles. The van der Waals surface area contributed by atoms with Gasteiger partial charge in [0.2, 0.25) is 11.8 Å². The molecule has 4 aliphatic rings. The molecule has 6 bridgehead atoms. The summed E-state index contributed by atoms with van der Waals surface area (Å²) in [6.07, 6.45) is 3.19. The average molecular weight is 1080 g/mol. The normalized spacial score (nSPS) is 20.2. The van der Waals surface area contributed by atoms with Crippen molar-refractivity contribution in [3.05, 3.63) is 58.2 Å². The molecule has 2 N–H and O–H groups in total. The number of thiazole rings is 1. The van der Waals surface area contributed by atoms with Crippen molar-refractivity contribution in [3.63, 3.8) is 0 Å². The quantitative estimate of drug-likeness (QED) is 0.202. The van der Waals surface area contributed by atoms with Crippen LogP contribution in [0.2, 0.25) is 0 Å². The molecule has 0 unspecified atom stereocenters. The molecular formula is C49H73N9O8S5. The highest BCUT2D eigenvalue weighted by atomic mass is 32.1. The molecule has 3 saturated heterocycles. The number of fused-ring (bicyclic) bond motifs is 6. The van der Waals surface area contributed by atoms with Gasteiger partial charge in [-0.2, -0.15) is 54.0 Å². The van der Waals surface area contributed by atoms with E-state index in [9.17, 15) is 24.0 Å². The van der Waals surface area contributed by atoms with E-state index < -0.39 is 41.3 Å². The van der Waals surface area contributed by atoms with E-state index in [0.29, 0.717) is 76.8 Å². The van der Waals surface area contributed by atoms with Crippen LogP contribution in [0.25, 0.3) is 33.4 Å². The van der Waals surface area contributed by atoms with Gasteiger partial charge in [-0.25, -0.2) is 15.2 Å². The largest absolute Gasteiger partial charge is 0.464 e. The number of aromatic nitrogens is 3. The van der Waals surface area contributed by atoms with Crippen LogP contribution in [-0.2, 0) is 52.8 Å². The number of benzene rings is 1. The highest BCUT2D eigenvalue weighted by Crippen LogP contribution is 2.42. The fraction of sp³-hybridized carbons (Fsp3) is 0.571. The number of aryl methyl sites for hydroxylation is 1. The Hall–Kier alpha value is -4.03. The van der Waals surface area contributed by atoms with Crippen LogP contribution >= 0.6 is 65.3 Å². The number of nitrogens with one attached hydrogen (secondary N) is 2. The number of hydrazine groups is 1. The van der Waals surface area contributed by atoms with Crippen LogP contribution in [-0.4, -0.2) is 149 Å². The minimum Gasteiger partial charge on any atom is -0.464 e. The number of esters is 1. The first-order valence-corrected chi connectivity index (χ1v) is 24.5. The SMILES string of the molecule is CCn1c(-c2cccnc2[C@H](C)OC)c2c3cc(ccc31)-c1csc(n1)C[C@H](NC(=O)[C@H](C(C)C)N(C)C(=O)N1CCN(C(=O)C3COC3)CC1)C(=O)N1CCC[C@H](N1)C(=O)OCC(C)(C)C2.S.S.S.S. The second-order valence-electron chi connectivity index (χ2n) is 19.4. The fourth-order valence-electron chi connectivity index (χ4n) is 9.84. The molecule has 71 heavy (non-hydrogen) atoms. The molecule has 0 radical (unpaired) electrons. The zero-order chi connectivity index (χ0) is 47.7. The molecule has 8 rings (SSSR count). The summed E-state index contributed by atoms with van der Waals surface area (Å²) in [5.41, 5.74) is 9.27. The molecule has 3 aromatic heterocycles. The second-order valence-corrected chi connectivity index (χ2v) is 20.3. The summed E-state index contributed by atoms with van der Waals surface area (Å²) in [7, 11) is 3.29. The molecule has 0 spiro atoms. The summed E-state index contributed by atoms with van der Waals surface area (Å²) >= 11 is 1.41. The maximum absolute atomic E-state index is 14.7. The van der Waals surface area contributed by atoms with E-state index in [1.165, 1.54) is 21.2 Å². The zero-order valence-electron chi connectivity index (χ0n) is 42.0. The number of carbonyl (C=O) groups is 5. The Labute approximate surface area is 449 Å². The van der Waals surface area contributed by atoms with Crippen molar-refractivity contribution in [2.75, 3.05) is 66.7 Å². The zero-order valence-corrected chi connectivity index (χ0v) is 46.8. The lowest BCUT2D eigenvalue weighted by molar-refractivity contribution is -0.155. The number of methoxy groups -OCH3 is 1. The first-order chi connectivity index (χ1) is 32.1. The highest BCUT2D eigenvalue weighted by Gasteiger charge is 2.40. The molecule has 4 atom stereocenters. The van der Waals surface area contributed by atoms with Crippen molar-refractivity contribution in [1.82, 2.24) is 45.0 Å². The molecule has 4 aromatic rings. The minimum atomic E-state index is -1.08. The lowest BCUT2D eigenvalue weighted by Gasteiger charge is -2.41. The maximum atomic E-state index is 14.7. The summed E-state index contributed by atoms with van der Waals surface area (Å²) in [6, 6.07) is 7.29. The number of rotatable bonds is 9. The second kappa shape index (κ2) is 25.3. The number of pyridine rings is 1. The van der Waals surface area contributed by atoms with Crippen molar-refractivity contribution in [1.29, 1.82) is 0 Å². The van der Waals surface area contributed by atoms with Crippen LogP contribution in [0.15, 0.2) is 41.9 Å². The van der Waals surface area contributed by atoms with Gasteiger partial charge < -0.3 is 38.8 Å². The average Bonchev–Trinajstić information content (AvgIpc) is 3.90. The molecule has 4 aliphatic heterocycles. The van der Waals surface area contributed by atoms with Crippen LogP contribution in [0.4, 0.5) is 4.79 Å². The Morgan fingerprint density at radius 2 is 1.72 bits per heavy atom. The maximum Gasteiger partial charge on any atom is 0.324 e. The van der Waals surface area contributed by atoms with E-state index in [0.717, 1.165) is 44.7 Å². The van der Waals surface area contributed by atoms with Gasteiger partial charge in [0.25, 0.3) is 5.91 Å². The van der Waals surface area contributed by atoms with Crippen LogP contribution in [0.3, 0.4) is 0 Å². The predicted octanol–water partition coefficient (Wildman–Crippen LogP) is 5.52. The predicted molar refractivity (Wildman–Crippen MR) is 295 cm³/mol. The number of nitrogens with zero attached hydrogens (tertiary/aromatic N) is 7. The number of hydrogen-bond donors (Lipinski definition) is 2. The molecule has 3 fully saturated rings. The van der Waals surface area contributed by atoms with Gasteiger partial charge in [0.15, 0.2) is 0 Å². The Balaban J connectivity index is 0.00000274. The van der Waals surface area contributed by atoms with Crippen LogP contribution in [0.5, 0.6) is 0 Å². The van der Waals surface area contributed by atoms with Gasteiger partial charge >= 0.3 is 12.0 Å². The Kier molecular flexibility index (Phi) is 21.2. The van der Waals surface area contributed by atoms with E-state index in [-0.39, 0.29) is 96.9 Å². The molecule has 0 saturated carbocycles. The Morgan fingerprint density at radius 3 is 2.37 bits per heavy atom. The van der Waals surface area contributed by atoms with Crippen LogP contribution in [0.1, 0.15) is 76.8 Å². The third-order valence-electron chi connectivity index (χ3n) is 13.6. The minimum absolute atomic E-state index is 0. The summed E-state index contributed by atoms with van der Waals surface area (Å²) < 4.78 is 19.4. The van der Waals surface area contributed by atoms with E-state index in [1.807, 2.05) is 32.2 Å². The van der Waals surface area contributed by atoms with Gasteiger partial charge in [-0.1, -0.05) is 33.8 Å². The Bertz CT molecular complexity index is 2510. The number of hydrogen-bond acceptors (Lipinski definition) is 12. The number of urea groups is 1. The van der Waals surface area contributed by atoms with Crippen molar-refractivity contribution < 1.29 is 38.2 Å². The molecule has 17 nitrogen and oxygen atoms in total. The van der Waals surface area contributed by atoms with Gasteiger partial charge in [0, 0.05) is 98.9 Å². The third-order valence-corrected chi connectivity index (χ3v) is 14.5. The third kappa shape index (κ3) is 12.7.